The minimum absolute atomic E-state index is 0.396. The molecule has 0 atom stereocenters. The number of carbonyl (C=O) groups excluding carboxylic acids is 1. The molecule has 1 rings (SSSR count). The molecule has 1 amide bonds. The zero-order valence-electron chi connectivity index (χ0n) is 5.64. The standard InChI is InChI=1S/C5H5ClF2N2O/c1-10-4(11)2-3(9-10)5(6,7)8/h2H2,1H3. The first kappa shape index (κ1) is 8.39. The predicted octanol–water partition coefficient (Wildman–Crippen LogP) is 1.04. The Bertz CT molecular complexity index is 223. The van der Waals surface area contributed by atoms with Crippen LogP contribution in [0.3, 0.4) is 0 Å². The summed E-state index contributed by atoms with van der Waals surface area (Å²) in [6.07, 6.45) is -0.396. The number of hydrazone groups is 1. The molecule has 0 radical (unpaired) electrons. The van der Waals surface area contributed by atoms with Crippen molar-refractivity contribution in [3.8, 4) is 0 Å². The maximum atomic E-state index is 12.2. The van der Waals surface area contributed by atoms with Crippen LogP contribution in [-0.2, 0) is 4.79 Å². The van der Waals surface area contributed by atoms with Gasteiger partial charge >= 0.3 is 5.38 Å². The number of hydrogen-bond acceptors (Lipinski definition) is 2. The lowest BCUT2D eigenvalue weighted by molar-refractivity contribution is -0.127. The minimum Gasteiger partial charge on any atom is -0.273 e. The maximum absolute atomic E-state index is 12.2. The second kappa shape index (κ2) is 2.41. The first-order chi connectivity index (χ1) is 4.91. The van der Waals surface area contributed by atoms with E-state index < -0.39 is 23.4 Å². The van der Waals surface area contributed by atoms with Crippen LogP contribution in [0.1, 0.15) is 6.42 Å². The highest BCUT2D eigenvalue weighted by Gasteiger charge is 2.39. The highest BCUT2D eigenvalue weighted by molar-refractivity contribution is 6.35. The molecule has 0 aromatic carbocycles. The summed E-state index contributed by atoms with van der Waals surface area (Å²) in [6.45, 7) is 0. The van der Waals surface area contributed by atoms with Crippen LogP contribution in [0.2, 0.25) is 0 Å². The molecule has 3 nitrogen and oxygen atoms in total. The van der Waals surface area contributed by atoms with Crippen LogP contribution in [0.5, 0.6) is 0 Å². The Balaban J connectivity index is 2.79. The predicted molar refractivity (Wildman–Crippen MR) is 35.6 cm³/mol. The van der Waals surface area contributed by atoms with Gasteiger partial charge in [-0.15, -0.1) is 0 Å². The van der Waals surface area contributed by atoms with Gasteiger partial charge < -0.3 is 0 Å². The van der Waals surface area contributed by atoms with Crippen molar-refractivity contribution in [3.63, 3.8) is 0 Å². The van der Waals surface area contributed by atoms with E-state index in [0.717, 1.165) is 5.01 Å². The van der Waals surface area contributed by atoms with Gasteiger partial charge in [0.05, 0.1) is 6.42 Å². The number of alkyl halides is 3. The van der Waals surface area contributed by atoms with E-state index in [9.17, 15) is 13.6 Å². The fourth-order valence-corrected chi connectivity index (χ4v) is 0.791. The molecule has 0 fully saturated rings. The molecule has 1 aliphatic heterocycles. The number of rotatable bonds is 1. The lowest BCUT2D eigenvalue weighted by Crippen LogP contribution is -2.20. The van der Waals surface area contributed by atoms with Gasteiger partial charge in [0.15, 0.2) is 0 Å². The maximum Gasteiger partial charge on any atom is 0.363 e. The first-order valence-corrected chi connectivity index (χ1v) is 3.20. The van der Waals surface area contributed by atoms with Crippen LogP contribution in [-0.4, -0.2) is 29.1 Å². The van der Waals surface area contributed by atoms with Crippen molar-refractivity contribution >= 4 is 23.2 Å². The highest BCUT2D eigenvalue weighted by atomic mass is 35.5. The van der Waals surface area contributed by atoms with E-state index in [1.807, 2.05) is 0 Å². The molecular weight excluding hydrogens is 178 g/mol. The summed E-state index contributed by atoms with van der Waals surface area (Å²) in [5, 5.41) is 0.612. The number of nitrogens with zero attached hydrogens (tertiary/aromatic N) is 2. The molecule has 0 aromatic heterocycles. The van der Waals surface area contributed by atoms with Crippen LogP contribution < -0.4 is 0 Å². The van der Waals surface area contributed by atoms with E-state index in [4.69, 9.17) is 0 Å². The molecule has 0 aliphatic carbocycles. The van der Waals surface area contributed by atoms with Crippen LogP contribution in [0, 0.1) is 0 Å². The average Bonchev–Trinajstić information content (AvgIpc) is 2.11. The number of carbonyl (C=O) groups is 1. The molecule has 0 saturated carbocycles. The molecule has 6 heteroatoms. The molecule has 1 aliphatic rings. The first-order valence-electron chi connectivity index (χ1n) is 2.82. The molecular formula is C5H5ClF2N2O. The van der Waals surface area contributed by atoms with Crippen LogP contribution in [0.25, 0.3) is 0 Å². The smallest absolute Gasteiger partial charge is 0.273 e. The summed E-state index contributed by atoms with van der Waals surface area (Å²) in [5.74, 6) is -0.472. The van der Waals surface area contributed by atoms with Gasteiger partial charge in [-0.05, 0) is 11.6 Å². The lowest BCUT2D eigenvalue weighted by atomic mass is 10.3. The van der Waals surface area contributed by atoms with E-state index in [-0.39, 0.29) is 0 Å². The van der Waals surface area contributed by atoms with E-state index >= 15 is 0 Å². The van der Waals surface area contributed by atoms with Crippen LogP contribution in [0.4, 0.5) is 8.78 Å². The second-order valence-corrected chi connectivity index (χ2v) is 2.61. The van der Waals surface area contributed by atoms with Crippen molar-refractivity contribution < 1.29 is 13.6 Å². The van der Waals surface area contributed by atoms with Gasteiger partial charge in [0.25, 0.3) is 0 Å². The molecule has 62 valence electrons. The Morgan fingerprint density at radius 3 is 2.45 bits per heavy atom. The Morgan fingerprint density at radius 1 is 1.73 bits per heavy atom. The molecule has 0 bridgehead atoms. The quantitative estimate of drug-likeness (QED) is 0.558. The van der Waals surface area contributed by atoms with Gasteiger partial charge in [-0.3, -0.25) is 4.79 Å². The number of hydrogen-bond donors (Lipinski definition) is 0. The van der Waals surface area contributed by atoms with E-state index in [0.29, 0.717) is 0 Å². The molecule has 0 N–H and O–H groups in total. The summed E-state index contributed by atoms with van der Waals surface area (Å²) in [5.41, 5.74) is -0.591. The molecule has 0 aromatic rings. The van der Waals surface area contributed by atoms with E-state index in [1.54, 1.807) is 0 Å². The molecule has 0 unspecified atom stereocenters. The minimum atomic E-state index is -3.50. The average molecular weight is 183 g/mol. The Hall–Kier alpha value is -0.710. The summed E-state index contributed by atoms with van der Waals surface area (Å²) in [7, 11) is 1.30. The summed E-state index contributed by atoms with van der Waals surface area (Å²) < 4.78 is 24.5. The monoisotopic (exact) mass is 182 g/mol. The van der Waals surface area contributed by atoms with Crippen molar-refractivity contribution in [1.82, 2.24) is 5.01 Å². The van der Waals surface area contributed by atoms with Crippen molar-refractivity contribution in [2.75, 3.05) is 7.05 Å². The van der Waals surface area contributed by atoms with Gasteiger partial charge in [0.1, 0.15) is 5.71 Å². The van der Waals surface area contributed by atoms with Gasteiger partial charge in [-0.1, -0.05) is 0 Å². The van der Waals surface area contributed by atoms with Gasteiger partial charge in [0, 0.05) is 7.05 Å². The zero-order chi connectivity index (χ0) is 8.65. The van der Waals surface area contributed by atoms with Crippen LogP contribution in [0.15, 0.2) is 5.10 Å². The summed E-state index contributed by atoms with van der Waals surface area (Å²) in [4.78, 5) is 10.7. The third-order valence-electron chi connectivity index (χ3n) is 1.28. The van der Waals surface area contributed by atoms with Crippen molar-refractivity contribution in [1.29, 1.82) is 0 Å². The fourth-order valence-electron chi connectivity index (χ4n) is 0.687. The largest absolute Gasteiger partial charge is 0.363 e. The zero-order valence-corrected chi connectivity index (χ0v) is 6.40. The second-order valence-electron chi connectivity index (χ2n) is 2.14. The molecule has 0 spiro atoms. The van der Waals surface area contributed by atoms with Gasteiger partial charge in [-0.25, -0.2) is 5.01 Å². The molecule has 11 heavy (non-hydrogen) atoms. The number of halogens is 3. The van der Waals surface area contributed by atoms with Crippen molar-refractivity contribution in [2.24, 2.45) is 5.10 Å². The summed E-state index contributed by atoms with van der Waals surface area (Å²) >= 11 is 4.63. The summed E-state index contributed by atoms with van der Waals surface area (Å²) in [6, 6.07) is 0. The van der Waals surface area contributed by atoms with E-state index in [1.165, 1.54) is 7.05 Å². The topological polar surface area (TPSA) is 32.7 Å². The SMILES string of the molecule is CN1N=C(C(F)(F)Cl)CC1=O. The third kappa shape index (κ3) is 1.65. The Kier molecular flexibility index (Phi) is 1.83. The normalized spacial score (nSPS) is 19.1. The molecule has 0 saturated heterocycles. The van der Waals surface area contributed by atoms with Crippen LogP contribution >= 0.6 is 11.6 Å². The Labute approximate surface area is 66.6 Å². The molecule has 1 heterocycles. The number of amides is 1. The van der Waals surface area contributed by atoms with E-state index in [2.05, 4.69) is 16.7 Å². The van der Waals surface area contributed by atoms with Crippen molar-refractivity contribution in [3.05, 3.63) is 0 Å². The van der Waals surface area contributed by atoms with Gasteiger partial charge in [-0.2, -0.15) is 13.9 Å². The van der Waals surface area contributed by atoms with Gasteiger partial charge in [0.2, 0.25) is 5.91 Å². The third-order valence-corrected chi connectivity index (χ3v) is 1.50. The Morgan fingerprint density at radius 2 is 2.27 bits per heavy atom. The van der Waals surface area contributed by atoms with Crippen molar-refractivity contribution in [2.45, 2.75) is 11.8 Å². The highest BCUT2D eigenvalue weighted by Crippen LogP contribution is 2.26. The lowest BCUT2D eigenvalue weighted by Gasteiger charge is -2.03. The fraction of sp³-hybridized carbons (Fsp3) is 0.600.